The molecule has 0 bridgehead atoms. The third-order valence-electron chi connectivity index (χ3n) is 5.00. The normalized spacial score (nSPS) is 15.9. The fourth-order valence-electron chi connectivity index (χ4n) is 3.65. The van der Waals surface area contributed by atoms with E-state index >= 15 is 0 Å². The molecule has 4 aromatic rings. The molecule has 0 fully saturated rings. The van der Waals surface area contributed by atoms with Gasteiger partial charge in [0, 0.05) is 25.0 Å². The highest BCUT2D eigenvalue weighted by Gasteiger charge is 2.25. The molecule has 4 heterocycles. The lowest BCUT2D eigenvalue weighted by atomic mass is 9.97. The second kappa shape index (κ2) is 6.52. The van der Waals surface area contributed by atoms with Crippen LogP contribution in [0.2, 0.25) is 0 Å². The number of benzene rings is 1. The minimum Gasteiger partial charge on any atom is -0.421 e. The van der Waals surface area contributed by atoms with Gasteiger partial charge in [0.05, 0.1) is 29.0 Å². The maximum absolute atomic E-state index is 14.9. The summed E-state index contributed by atoms with van der Waals surface area (Å²) in [6.45, 7) is 2.23. The Kier molecular flexibility index (Phi) is 3.95. The van der Waals surface area contributed by atoms with Crippen LogP contribution < -0.4 is 21.1 Å². The zero-order valence-electron chi connectivity index (χ0n) is 15.9. The lowest BCUT2D eigenvalue weighted by Gasteiger charge is -2.19. The monoisotopic (exact) mass is 394 g/mol. The summed E-state index contributed by atoms with van der Waals surface area (Å²) in [6.07, 6.45) is 3.52. The minimum atomic E-state index is -0.303. The number of rotatable bonds is 3. The highest BCUT2D eigenvalue weighted by atomic mass is 19.1. The van der Waals surface area contributed by atoms with Gasteiger partial charge in [-0.05, 0) is 25.0 Å². The van der Waals surface area contributed by atoms with Crippen LogP contribution in [0.1, 0.15) is 11.4 Å². The summed E-state index contributed by atoms with van der Waals surface area (Å²) in [6, 6.07) is 1.33. The van der Waals surface area contributed by atoms with Crippen LogP contribution in [0.15, 0.2) is 18.5 Å². The summed E-state index contributed by atoms with van der Waals surface area (Å²) in [5.74, 6) is 1.29. The molecule has 0 spiro atoms. The first-order valence-corrected chi connectivity index (χ1v) is 9.22. The summed E-state index contributed by atoms with van der Waals surface area (Å²) in [5, 5.41) is 7.72. The van der Waals surface area contributed by atoms with E-state index in [1.54, 1.807) is 26.4 Å². The van der Waals surface area contributed by atoms with E-state index in [-0.39, 0.29) is 17.9 Å². The molecule has 3 aromatic heterocycles. The molecule has 0 amide bonds. The van der Waals surface area contributed by atoms with Gasteiger partial charge in [-0.3, -0.25) is 0 Å². The number of nitrogens with one attached hydrogen (secondary N) is 3. The second-order valence-electron chi connectivity index (χ2n) is 7.00. The van der Waals surface area contributed by atoms with E-state index in [1.807, 2.05) is 0 Å². The van der Waals surface area contributed by atoms with Crippen molar-refractivity contribution >= 4 is 33.4 Å². The number of anilines is 2. The van der Waals surface area contributed by atoms with Crippen LogP contribution in [0, 0.1) is 12.7 Å². The van der Waals surface area contributed by atoms with Gasteiger partial charge in [-0.15, -0.1) is 0 Å². The average Bonchev–Trinajstić information content (AvgIpc) is 3.08. The highest BCUT2D eigenvalue weighted by molar-refractivity contribution is 6.16. The van der Waals surface area contributed by atoms with Gasteiger partial charge in [0.15, 0.2) is 5.75 Å². The number of hydrogen-bond acceptors (Lipinski definition) is 8. The summed E-state index contributed by atoms with van der Waals surface area (Å²) >= 11 is 0. The Morgan fingerprint density at radius 1 is 1.24 bits per heavy atom. The van der Waals surface area contributed by atoms with Gasteiger partial charge in [-0.1, -0.05) is 0 Å². The smallest absolute Gasteiger partial charge is 0.326 e. The van der Waals surface area contributed by atoms with Crippen molar-refractivity contribution in [1.82, 2.24) is 24.9 Å². The maximum atomic E-state index is 14.9. The third-order valence-corrected chi connectivity index (χ3v) is 5.00. The predicted molar refractivity (Wildman–Crippen MR) is 108 cm³/mol. The molecule has 0 aliphatic carbocycles. The number of nitrogens with zero attached hydrogens (tertiary/aromatic N) is 4. The summed E-state index contributed by atoms with van der Waals surface area (Å²) in [4.78, 5) is 20.5. The van der Waals surface area contributed by atoms with Crippen molar-refractivity contribution in [2.24, 2.45) is 5.73 Å². The first-order valence-electron chi connectivity index (χ1n) is 9.22. The molecule has 1 aliphatic rings. The van der Waals surface area contributed by atoms with Crippen LogP contribution in [0.4, 0.5) is 15.9 Å². The van der Waals surface area contributed by atoms with Crippen LogP contribution in [0.25, 0.3) is 21.9 Å². The molecule has 10 heteroatoms. The first kappa shape index (κ1) is 17.6. The second-order valence-corrected chi connectivity index (χ2v) is 7.00. The average molecular weight is 394 g/mol. The van der Waals surface area contributed by atoms with E-state index in [0.717, 1.165) is 10.9 Å². The van der Waals surface area contributed by atoms with Gasteiger partial charge in [-0.2, -0.15) is 9.97 Å². The van der Waals surface area contributed by atoms with Crippen molar-refractivity contribution in [3.63, 3.8) is 0 Å². The topological polar surface area (TPSA) is 127 Å². The molecule has 1 aliphatic heterocycles. The number of aromatic nitrogens is 5. The first-order chi connectivity index (χ1) is 14.0. The Balaban J connectivity index is 1.75. The van der Waals surface area contributed by atoms with E-state index in [9.17, 15) is 4.39 Å². The van der Waals surface area contributed by atoms with Gasteiger partial charge in [-0.25, -0.2) is 14.4 Å². The Morgan fingerprint density at radius 3 is 2.79 bits per heavy atom. The minimum absolute atomic E-state index is 0.126. The van der Waals surface area contributed by atoms with E-state index in [4.69, 9.17) is 10.5 Å². The molecule has 0 saturated carbocycles. The number of ether oxygens (including phenoxy) is 1. The molecule has 5 rings (SSSR count). The number of halogens is 1. The standard InChI is InChI=1S/C19H19FN8O/c1-8-23-6-10(7-24-8)29-19-27-17-15-14-11(3-9(21)5-25-17)12(20)4-13(22-2)16(14)26-18(15)28-19/h4,6-7,9,22H,3,5,21H2,1-2H3,(H2,25,26,27,28)/t9-/m0/s1. The van der Waals surface area contributed by atoms with Crippen molar-refractivity contribution in [3.05, 3.63) is 35.7 Å². The van der Waals surface area contributed by atoms with Gasteiger partial charge in [0.25, 0.3) is 0 Å². The van der Waals surface area contributed by atoms with Crippen LogP contribution >= 0.6 is 0 Å². The van der Waals surface area contributed by atoms with Crippen molar-refractivity contribution < 1.29 is 9.13 Å². The Morgan fingerprint density at radius 2 is 2.03 bits per heavy atom. The molecular formula is C19H19FN8O. The van der Waals surface area contributed by atoms with E-state index in [0.29, 0.717) is 52.6 Å². The van der Waals surface area contributed by atoms with Crippen LogP contribution in [-0.2, 0) is 6.42 Å². The highest BCUT2D eigenvalue weighted by Crippen LogP contribution is 2.39. The zero-order chi connectivity index (χ0) is 20.1. The number of aryl methyl sites for hydroxylation is 1. The molecule has 0 unspecified atom stereocenters. The molecule has 5 N–H and O–H groups in total. The number of H-pyrrole nitrogens is 1. The summed E-state index contributed by atoms with van der Waals surface area (Å²) in [5.41, 5.74) is 8.69. The fraction of sp³-hybridized carbons (Fsp3) is 0.263. The predicted octanol–water partition coefficient (Wildman–Crippen LogP) is 2.48. The van der Waals surface area contributed by atoms with Gasteiger partial charge < -0.3 is 26.1 Å². The summed E-state index contributed by atoms with van der Waals surface area (Å²) < 4.78 is 20.6. The van der Waals surface area contributed by atoms with Crippen LogP contribution in [0.5, 0.6) is 11.8 Å². The zero-order valence-corrected chi connectivity index (χ0v) is 15.9. The number of nitrogens with two attached hydrogens (primary N) is 1. The molecule has 148 valence electrons. The van der Waals surface area contributed by atoms with Gasteiger partial charge in [0.1, 0.15) is 23.1 Å². The Hall–Kier alpha value is -3.53. The molecule has 9 nitrogen and oxygen atoms in total. The molecular weight excluding hydrogens is 375 g/mol. The molecule has 0 saturated heterocycles. The maximum Gasteiger partial charge on any atom is 0.326 e. The third kappa shape index (κ3) is 2.88. The van der Waals surface area contributed by atoms with E-state index < -0.39 is 0 Å². The SMILES string of the molecule is CNc1cc(F)c2c3c1[nH]c1nc(Oc4cnc(C)nc4)nc(c13)NC[C@@H](N)C2. The lowest BCUT2D eigenvalue weighted by Crippen LogP contribution is -2.32. The Labute approximate surface area is 164 Å². The summed E-state index contributed by atoms with van der Waals surface area (Å²) in [7, 11) is 1.74. The Bertz CT molecular complexity index is 1240. The number of aromatic amines is 1. The molecule has 0 radical (unpaired) electrons. The van der Waals surface area contributed by atoms with Gasteiger partial charge in [0.2, 0.25) is 0 Å². The van der Waals surface area contributed by atoms with Crippen molar-refractivity contribution in [3.8, 4) is 11.8 Å². The number of hydrogen-bond donors (Lipinski definition) is 4. The molecule has 29 heavy (non-hydrogen) atoms. The largest absolute Gasteiger partial charge is 0.421 e. The van der Waals surface area contributed by atoms with Crippen molar-refractivity contribution in [2.75, 3.05) is 24.2 Å². The fourth-order valence-corrected chi connectivity index (χ4v) is 3.65. The van der Waals surface area contributed by atoms with Crippen LogP contribution in [-0.4, -0.2) is 44.6 Å². The quantitative estimate of drug-likeness (QED) is 0.417. The van der Waals surface area contributed by atoms with Gasteiger partial charge >= 0.3 is 6.01 Å². The van der Waals surface area contributed by atoms with Crippen LogP contribution in [0.3, 0.4) is 0 Å². The van der Waals surface area contributed by atoms with Crippen molar-refractivity contribution in [1.29, 1.82) is 0 Å². The molecule has 1 atom stereocenters. The van der Waals surface area contributed by atoms with E-state index in [2.05, 4.69) is 35.6 Å². The molecule has 1 aromatic carbocycles. The van der Waals surface area contributed by atoms with E-state index in [1.165, 1.54) is 6.07 Å². The van der Waals surface area contributed by atoms with Crippen molar-refractivity contribution in [2.45, 2.75) is 19.4 Å². The lowest BCUT2D eigenvalue weighted by molar-refractivity contribution is 0.440.